The molecule has 0 fully saturated rings. The molecule has 1 rings (SSSR count). The van der Waals surface area contributed by atoms with Crippen LogP contribution in [0.3, 0.4) is 0 Å². The molecular weight excluding hydrogens is 194 g/mol. The Hall–Kier alpha value is -1.98. The molecule has 0 bridgehead atoms. The van der Waals surface area contributed by atoms with Crippen LogP contribution >= 0.6 is 0 Å². The zero-order valence-corrected chi connectivity index (χ0v) is 8.82. The van der Waals surface area contributed by atoms with Crippen molar-refractivity contribution in [2.45, 2.75) is 13.0 Å². The number of nitrogens with zero attached hydrogens (tertiary/aromatic N) is 2. The number of hydrogen-bond donors (Lipinski definition) is 3. The number of nitrogen functional groups attached to an aromatic ring is 1. The van der Waals surface area contributed by atoms with Gasteiger partial charge in [-0.2, -0.15) is 5.10 Å². The zero-order valence-electron chi connectivity index (χ0n) is 8.82. The minimum atomic E-state index is -0.598. The van der Waals surface area contributed by atoms with Crippen molar-refractivity contribution in [3.63, 3.8) is 0 Å². The number of anilines is 2. The number of aryl methyl sites for hydroxylation is 1. The smallest absolute Gasteiger partial charge is 0.256 e. The molecule has 1 amide bonds. The van der Waals surface area contributed by atoms with E-state index in [1.165, 1.54) is 4.68 Å². The molecule has 6 nitrogen and oxygen atoms in total. The summed E-state index contributed by atoms with van der Waals surface area (Å²) in [5, 5.41) is 6.95. The predicted molar refractivity (Wildman–Crippen MR) is 59.4 cm³/mol. The first-order chi connectivity index (χ1) is 6.97. The van der Waals surface area contributed by atoms with Crippen molar-refractivity contribution in [3.05, 3.63) is 18.2 Å². The van der Waals surface area contributed by atoms with Gasteiger partial charge in [0.05, 0.1) is 0 Å². The maximum Gasteiger partial charge on any atom is 0.256 e. The van der Waals surface area contributed by atoms with E-state index in [1.807, 2.05) is 6.92 Å². The molecule has 0 saturated heterocycles. The Morgan fingerprint density at radius 3 is 2.80 bits per heavy atom. The first-order valence-electron chi connectivity index (χ1n) is 4.48. The number of nitrogens with one attached hydrogen (secondary N) is 1. The Labute approximate surface area is 87.9 Å². The van der Waals surface area contributed by atoms with Crippen molar-refractivity contribution in [2.75, 3.05) is 11.1 Å². The van der Waals surface area contributed by atoms with Crippen LogP contribution < -0.4 is 16.8 Å². The van der Waals surface area contributed by atoms with Gasteiger partial charge < -0.3 is 16.8 Å². The minimum Gasteiger partial charge on any atom is -0.381 e. The highest BCUT2D eigenvalue weighted by Crippen LogP contribution is 2.21. The first-order valence-corrected chi connectivity index (χ1v) is 4.48. The van der Waals surface area contributed by atoms with E-state index in [1.54, 1.807) is 13.1 Å². The van der Waals surface area contributed by atoms with E-state index in [0.717, 1.165) is 0 Å². The topological polar surface area (TPSA) is 99.0 Å². The molecule has 1 unspecified atom stereocenters. The lowest BCUT2D eigenvalue weighted by molar-refractivity contribution is 0.100. The highest BCUT2D eigenvalue weighted by atomic mass is 16.1. The monoisotopic (exact) mass is 209 g/mol. The summed E-state index contributed by atoms with van der Waals surface area (Å²) < 4.78 is 1.48. The van der Waals surface area contributed by atoms with Crippen LogP contribution in [0.5, 0.6) is 0 Å². The molecule has 1 aromatic heterocycles. The molecule has 1 atom stereocenters. The fourth-order valence-corrected chi connectivity index (χ4v) is 1.23. The van der Waals surface area contributed by atoms with Crippen LogP contribution in [-0.2, 0) is 7.05 Å². The van der Waals surface area contributed by atoms with Gasteiger partial charge in [0.1, 0.15) is 11.4 Å². The average Bonchev–Trinajstić information content (AvgIpc) is 2.41. The van der Waals surface area contributed by atoms with Crippen molar-refractivity contribution in [3.8, 4) is 0 Å². The van der Waals surface area contributed by atoms with Gasteiger partial charge in [-0.25, -0.2) is 0 Å². The standard InChI is InChI=1S/C9H15N5O/c1-4-5(2)12-9-6(8(11)15)7(10)13-14(9)3/h4-5,12H,1H2,2-3H3,(H2,10,13)(H2,11,15). The average molecular weight is 209 g/mol. The zero-order chi connectivity index (χ0) is 11.6. The minimum absolute atomic E-state index is 0.00194. The van der Waals surface area contributed by atoms with Gasteiger partial charge in [-0.15, -0.1) is 6.58 Å². The maximum atomic E-state index is 11.1. The number of carbonyl (C=O) groups excluding carboxylic acids is 1. The van der Waals surface area contributed by atoms with Crippen LogP contribution in [0, 0.1) is 0 Å². The van der Waals surface area contributed by atoms with Gasteiger partial charge in [0.25, 0.3) is 5.91 Å². The summed E-state index contributed by atoms with van der Waals surface area (Å²) in [6, 6.07) is -0.00194. The van der Waals surface area contributed by atoms with Gasteiger partial charge in [0.2, 0.25) is 0 Å². The van der Waals surface area contributed by atoms with Crippen LogP contribution in [0.4, 0.5) is 11.6 Å². The molecule has 0 saturated carbocycles. The Bertz CT molecular complexity index is 395. The van der Waals surface area contributed by atoms with Gasteiger partial charge in [-0.1, -0.05) is 6.08 Å². The van der Waals surface area contributed by atoms with Crippen LogP contribution in [-0.4, -0.2) is 21.7 Å². The summed E-state index contributed by atoms with van der Waals surface area (Å²) in [6.07, 6.45) is 1.70. The predicted octanol–water partition coefficient (Wildman–Crippen LogP) is 0.0876. The van der Waals surface area contributed by atoms with Crippen LogP contribution in [0.25, 0.3) is 0 Å². The number of nitrogens with two attached hydrogens (primary N) is 2. The number of rotatable bonds is 4. The van der Waals surface area contributed by atoms with E-state index in [2.05, 4.69) is 17.0 Å². The summed E-state index contributed by atoms with van der Waals surface area (Å²) in [4.78, 5) is 11.1. The molecule has 15 heavy (non-hydrogen) atoms. The summed E-state index contributed by atoms with van der Waals surface area (Å²) >= 11 is 0. The lowest BCUT2D eigenvalue weighted by Gasteiger charge is -2.11. The van der Waals surface area contributed by atoms with Crippen LogP contribution in [0.1, 0.15) is 17.3 Å². The highest BCUT2D eigenvalue weighted by Gasteiger charge is 2.19. The fraction of sp³-hybridized carbons (Fsp3) is 0.333. The lowest BCUT2D eigenvalue weighted by atomic mass is 10.2. The lowest BCUT2D eigenvalue weighted by Crippen LogP contribution is -2.19. The SMILES string of the molecule is C=CC(C)Nc1c(C(N)=O)c(N)nn1C. The third-order valence-corrected chi connectivity index (χ3v) is 2.04. The quantitative estimate of drug-likeness (QED) is 0.612. The molecule has 1 heterocycles. The second kappa shape index (κ2) is 4.04. The molecule has 0 radical (unpaired) electrons. The van der Waals surface area contributed by atoms with Crippen molar-refractivity contribution >= 4 is 17.5 Å². The van der Waals surface area contributed by atoms with Gasteiger partial charge in [0.15, 0.2) is 5.82 Å². The molecule has 82 valence electrons. The van der Waals surface area contributed by atoms with E-state index < -0.39 is 5.91 Å². The maximum absolute atomic E-state index is 11.1. The summed E-state index contributed by atoms with van der Waals surface area (Å²) in [7, 11) is 1.68. The number of primary amides is 1. The normalized spacial score (nSPS) is 12.1. The van der Waals surface area contributed by atoms with E-state index in [0.29, 0.717) is 5.82 Å². The Morgan fingerprint density at radius 2 is 2.33 bits per heavy atom. The van der Waals surface area contributed by atoms with E-state index >= 15 is 0 Å². The van der Waals surface area contributed by atoms with Crippen LogP contribution in [0.2, 0.25) is 0 Å². The van der Waals surface area contributed by atoms with E-state index in [9.17, 15) is 4.79 Å². The second-order valence-electron chi connectivity index (χ2n) is 3.27. The molecule has 0 aliphatic rings. The highest BCUT2D eigenvalue weighted by molar-refractivity contribution is 6.02. The molecule has 0 aliphatic heterocycles. The molecule has 0 aromatic carbocycles. The summed E-state index contributed by atoms with van der Waals surface area (Å²) in [6.45, 7) is 5.52. The Balaban J connectivity index is 3.14. The van der Waals surface area contributed by atoms with Gasteiger partial charge >= 0.3 is 0 Å². The van der Waals surface area contributed by atoms with Crippen molar-refractivity contribution in [1.82, 2.24) is 9.78 Å². The van der Waals surface area contributed by atoms with Gasteiger partial charge in [0, 0.05) is 13.1 Å². The van der Waals surface area contributed by atoms with Crippen molar-refractivity contribution < 1.29 is 4.79 Å². The number of hydrogen-bond acceptors (Lipinski definition) is 4. The van der Waals surface area contributed by atoms with Gasteiger partial charge in [-0.3, -0.25) is 9.48 Å². The number of carbonyl (C=O) groups is 1. The first kappa shape index (κ1) is 11.1. The van der Waals surface area contributed by atoms with E-state index in [-0.39, 0.29) is 17.4 Å². The number of amides is 1. The fourth-order valence-electron chi connectivity index (χ4n) is 1.23. The molecule has 5 N–H and O–H groups in total. The molecule has 0 aliphatic carbocycles. The summed E-state index contributed by atoms with van der Waals surface area (Å²) in [5.74, 6) is 0.0375. The second-order valence-corrected chi connectivity index (χ2v) is 3.27. The Kier molecular flexibility index (Phi) is 2.99. The Morgan fingerprint density at radius 1 is 1.73 bits per heavy atom. The molecule has 1 aromatic rings. The number of aromatic nitrogens is 2. The molecule has 6 heteroatoms. The van der Waals surface area contributed by atoms with E-state index in [4.69, 9.17) is 11.5 Å². The third kappa shape index (κ3) is 2.09. The van der Waals surface area contributed by atoms with Crippen molar-refractivity contribution in [1.29, 1.82) is 0 Å². The van der Waals surface area contributed by atoms with Gasteiger partial charge in [-0.05, 0) is 6.92 Å². The largest absolute Gasteiger partial charge is 0.381 e. The van der Waals surface area contributed by atoms with Crippen molar-refractivity contribution in [2.24, 2.45) is 12.8 Å². The third-order valence-electron chi connectivity index (χ3n) is 2.04. The molecular formula is C9H15N5O. The van der Waals surface area contributed by atoms with Crippen LogP contribution in [0.15, 0.2) is 12.7 Å². The summed E-state index contributed by atoms with van der Waals surface area (Å²) in [5.41, 5.74) is 11.0. The molecule has 0 spiro atoms.